The first-order chi connectivity index (χ1) is 7.84. The maximum atomic E-state index is 11.6. The molecule has 1 aliphatic rings. The number of fused-ring (bicyclic) bond motifs is 1. The first-order valence-electron chi connectivity index (χ1n) is 5.37. The number of hydrogen-bond acceptors (Lipinski definition) is 4. The third kappa shape index (κ3) is 1.53. The average molecular weight is 220 g/mol. The zero-order valence-electron chi connectivity index (χ0n) is 8.76. The van der Waals surface area contributed by atoms with Crippen LogP contribution in [0, 0.1) is 5.92 Å². The van der Waals surface area contributed by atoms with Gasteiger partial charge in [-0.2, -0.15) is 0 Å². The summed E-state index contributed by atoms with van der Waals surface area (Å²) in [6, 6.07) is 3.51. The number of hydrogen-bond donors (Lipinski definition) is 0. The lowest BCUT2D eigenvalue weighted by molar-refractivity contribution is 0.182. The molecule has 0 spiro atoms. The molecular weight excluding hydrogens is 208 g/mol. The molecule has 5 nitrogen and oxygen atoms in total. The Hall–Kier alpha value is -1.62. The van der Waals surface area contributed by atoms with Crippen LogP contribution in [0.1, 0.15) is 6.42 Å². The normalized spacial score (nSPS) is 20.6. The van der Waals surface area contributed by atoms with Crippen LogP contribution in [-0.2, 0) is 11.3 Å². The van der Waals surface area contributed by atoms with E-state index in [1.54, 1.807) is 22.9 Å². The van der Waals surface area contributed by atoms with E-state index in [0.29, 0.717) is 30.3 Å². The van der Waals surface area contributed by atoms with Crippen LogP contribution in [0.15, 0.2) is 27.5 Å². The van der Waals surface area contributed by atoms with Gasteiger partial charge in [0.1, 0.15) is 0 Å². The lowest BCUT2D eigenvalue weighted by Gasteiger charge is -2.06. The number of rotatable bonds is 2. The molecule has 0 saturated carbocycles. The molecule has 1 saturated heterocycles. The highest BCUT2D eigenvalue weighted by Crippen LogP contribution is 2.16. The molecule has 3 heterocycles. The van der Waals surface area contributed by atoms with E-state index in [1.807, 2.05) is 0 Å². The number of aromatic nitrogens is 2. The van der Waals surface area contributed by atoms with Gasteiger partial charge < -0.3 is 9.15 Å². The third-order valence-electron chi connectivity index (χ3n) is 2.89. The van der Waals surface area contributed by atoms with Crippen LogP contribution in [0.25, 0.3) is 11.2 Å². The van der Waals surface area contributed by atoms with E-state index in [1.165, 1.54) is 0 Å². The van der Waals surface area contributed by atoms with Gasteiger partial charge in [-0.15, -0.1) is 0 Å². The molecule has 0 N–H and O–H groups in total. The zero-order valence-corrected chi connectivity index (χ0v) is 8.76. The lowest BCUT2D eigenvalue weighted by Crippen LogP contribution is -2.20. The molecule has 3 rings (SSSR count). The molecule has 0 aliphatic carbocycles. The largest absolute Gasteiger partial charge is 0.421 e. The molecule has 5 heteroatoms. The first kappa shape index (κ1) is 9.59. The second kappa shape index (κ2) is 3.75. The molecule has 2 aromatic heterocycles. The molecule has 0 unspecified atom stereocenters. The SMILES string of the molecule is O=c1oc2cccnc2n1C[C@H]1CCOC1. The number of ether oxygens (including phenoxy) is 1. The van der Waals surface area contributed by atoms with Gasteiger partial charge in [-0.1, -0.05) is 0 Å². The Morgan fingerprint density at radius 3 is 3.31 bits per heavy atom. The minimum absolute atomic E-state index is 0.333. The van der Waals surface area contributed by atoms with Crippen molar-refractivity contribution < 1.29 is 9.15 Å². The van der Waals surface area contributed by atoms with Crippen molar-refractivity contribution in [2.24, 2.45) is 5.92 Å². The fraction of sp³-hybridized carbons (Fsp3) is 0.455. The topological polar surface area (TPSA) is 57.3 Å². The summed E-state index contributed by atoms with van der Waals surface area (Å²) < 4.78 is 12.0. The van der Waals surface area contributed by atoms with Crippen molar-refractivity contribution in [2.45, 2.75) is 13.0 Å². The molecule has 0 aromatic carbocycles. The second-order valence-electron chi connectivity index (χ2n) is 4.03. The van der Waals surface area contributed by atoms with Gasteiger partial charge >= 0.3 is 5.76 Å². The van der Waals surface area contributed by atoms with E-state index in [4.69, 9.17) is 9.15 Å². The van der Waals surface area contributed by atoms with Gasteiger partial charge in [0.05, 0.1) is 6.61 Å². The first-order valence-corrected chi connectivity index (χ1v) is 5.37. The smallest absolute Gasteiger partial charge is 0.406 e. The van der Waals surface area contributed by atoms with Crippen LogP contribution in [-0.4, -0.2) is 22.8 Å². The molecule has 2 aromatic rings. The van der Waals surface area contributed by atoms with Crippen LogP contribution in [0.5, 0.6) is 0 Å². The third-order valence-corrected chi connectivity index (χ3v) is 2.89. The highest BCUT2D eigenvalue weighted by Gasteiger charge is 2.19. The molecular formula is C11H12N2O3. The maximum absolute atomic E-state index is 11.6. The van der Waals surface area contributed by atoms with Gasteiger partial charge in [0.2, 0.25) is 0 Å². The summed E-state index contributed by atoms with van der Waals surface area (Å²) in [5.41, 5.74) is 1.17. The van der Waals surface area contributed by atoms with E-state index in [2.05, 4.69) is 4.98 Å². The van der Waals surface area contributed by atoms with Crippen molar-refractivity contribution in [3.8, 4) is 0 Å². The summed E-state index contributed by atoms with van der Waals surface area (Å²) in [7, 11) is 0. The van der Waals surface area contributed by atoms with Crippen molar-refractivity contribution in [3.63, 3.8) is 0 Å². The molecule has 0 amide bonds. The van der Waals surface area contributed by atoms with E-state index in [0.717, 1.165) is 13.0 Å². The number of pyridine rings is 1. The van der Waals surface area contributed by atoms with Gasteiger partial charge in [-0.3, -0.25) is 4.57 Å². The highest BCUT2D eigenvalue weighted by molar-refractivity contribution is 5.67. The molecule has 0 radical (unpaired) electrons. The minimum Gasteiger partial charge on any atom is -0.406 e. The van der Waals surface area contributed by atoms with Crippen molar-refractivity contribution in [2.75, 3.05) is 13.2 Å². The Morgan fingerprint density at radius 1 is 1.56 bits per heavy atom. The van der Waals surface area contributed by atoms with Gasteiger partial charge in [-0.25, -0.2) is 9.78 Å². The summed E-state index contributed by atoms with van der Waals surface area (Å²) in [5, 5.41) is 0. The predicted octanol–water partition coefficient (Wildman–Crippen LogP) is 1.03. The van der Waals surface area contributed by atoms with Gasteiger partial charge in [0, 0.05) is 25.3 Å². The highest BCUT2D eigenvalue weighted by atomic mass is 16.5. The fourth-order valence-electron chi connectivity index (χ4n) is 2.05. The molecule has 1 atom stereocenters. The van der Waals surface area contributed by atoms with Gasteiger partial charge in [-0.05, 0) is 18.6 Å². The summed E-state index contributed by atoms with van der Waals surface area (Å²) in [4.78, 5) is 15.8. The maximum Gasteiger partial charge on any atom is 0.421 e. The minimum atomic E-state index is -0.333. The van der Waals surface area contributed by atoms with Crippen LogP contribution >= 0.6 is 0 Å². The van der Waals surface area contributed by atoms with Crippen LogP contribution in [0.4, 0.5) is 0 Å². The summed E-state index contributed by atoms with van der Waals surface area (Å²) in [6.45, 7) is 2.12. The molecule has 1 aliphatic heterocycles. The zero-order chi connectivity index (χ0) is 11.0. The van der Waals surface area contributed by atoms with E-state index < -0.39 is 0 Å². The Morgan fingerprint density at radius 2 is 2.50 bits per heavy atom. The molecule has 84 valence electrons. The number of oxazole rings is 1. The Kier molecular flexibility index (Phi) is 2.25. The lowest BCUT2D eigenvalue weighted by atomic mass is 10.1. The predicted molar refractivity (Wildman–Crippen MR) is 57.2 cm³/mol. The van der Waals surface area contributed by atoms with Gasteiger partial charge in [0.15, 0.2) is 11.2 Å². The Labute approximate surface area is 91.7 Å². The molecule has 16 heavy (non-hydrogen) atoms. The van der Waals surface area contributed by atoms with Crippen molar-refractivity contribution in [1.82, 2.24) is 9.55 Å². The van der Waals surface area contributed by atoms with Crippen molar-refractivity contribution >= 4 is 11.2 Å². The average Bonchev–Trinajstić information content (AvgIpc) is 2.89. The Balaban J connectivity index is 2.01. The quantitative estimate of drug-likeness (QED) is 0.758. The van der Waals surface area contributed by atoms with E-state index in [9.17, 15) is 4.79 Å². The summed E-state index contributed by atoms with van der Waals surface area (Å²) in [6.07, 6.45) is 2.66. The van der Waals surface area contributed by atoms with Crippen molar-refractivity contribution in [1.29, 1.82) is 0 Å². The fourth-order valence-corrected chi connectivity index (χ4v) is 2.05. The van der Waals surface area contributed by atoms with Crippen LogP contribution < -0.4 is 5.76 Å². The van der Waals surface area contributed by atoms with Crippen LogP contribution in [0.2, 0.25) is 0 Å². The monoisotopic (exact) mass is 220 g/mol. The standard InChI is InChI=1S/C11H12N2O3/c14-11-13(6-8-3-5-15-7-8)10-9(16-11)2-1-4-12-10/h1-2,4,8H,3,5-7H2/t8-/m1/s1. The van der Waals surface area contributed by atoms with Crippen LogP contribution in [0.3, 0.4) is 0 Å². The van der Waals surface area contributed by atoms with Gasteiger partial charge in [0.25, 0.3) is 0 Å². The summed E-state index contributed by atoms with van der Waals surface area (Å²) >= 11 is 0. The van der Waals surface area contributed by atoms with Crippen molar-refractivity contribution in [3.05, 3.63) is 28.9 Å². The number of nitrogens with zero attached hydrogens (tertiary/aromatic N) is 2. The second-order valence-corrected chi connectivity index (χ2v) is 4.03. The summed E-state index contributed by atoms with van der Waals surface area (Å²) in [5.74, 6) is 0.0566. The molecule has 1 fully saturated rings. The van der Waals surface area contributed by atoms with E-state index >= 15 is 0 Å². The Bertz CT molecular complexity index is 552. The molecule has 0 bridgehead atoms. The van der Waals surface area contributed by atoms with E-state index in [-0.39, 0.29) is 5.76 Å².